The summed E-state index contributed by atoms with van der Waals surface area (Å²) in [7, 11) is 0. The van der Waals surface area contributed by atoms with E-state index >= 15 is 0 Å². The average molecular weight is 410 g/mol. The van der Waals surface area contributed by atoms with Crippen LogP contribution in [0.1, 0.15) is 10.4 Å². The minimum atomic E-state index is -0.344. The zero-order valence-corrected chi connectivity index (χ0v) is 15.3. The highest BCUT2D eigenvalue weighted by molar-refractivity contribution is 9.10. The van der Waals surface area contributed by atoms with E-state index in [-0.39, 0.29) is 11.9 Å². The van der Waals surface area contributed by atoms with Gasteiger partial charge in [-0.1, -0.05) is 34.1 Å². The van der Waals surface area contributed by atoms with Gasteiger partial charge >= 0.3 is 6.03 Å². The maximum absolute atomic E-state index is 12.3. The van der Waals surface area contributed by atoms with Crippen LogP contribution in [-0.2, 0) is 0 Å². The fourth-order valence-electron chi connectivity index (χ4n) is 2.26. The van der Waals surface area contributed by atoms with Gasteiger partial charge in [-0.3, -0.25) is 4.79 Å². The lowest BCUT2D eigenvalue weighted by atomic mass is 10.2. The average Bonchev–Trinajstić information content (AvgIpc) is 2.65. The van der Waals surface area contributed by atoms with Gasteiger partial charge in [0.15, 0.2) is 0 Å². The van der Waals surface area contributed by atoms with Gasteiger partial charge in [0.1, 0.15) is 0 Å². The van der Waals surface area contributed by atoms with Gasteiger partial charge in [-0.05, 0) is 60.7 Å². The number of anilines is 3. The molecule has 26 heavy (non-hydrogen) atoms. The Morgan fingerprint density at radius 3 is 1.73 bits per heavy atom. The molecule has 3 amide bonds. The third kappa shape index (κ3) is 4.94. The number of carbonyl (C=O) groups excluding carboxylic acids is 2. The first-order chi connectivity index (χ1) is 12.6. The highest BCUT2D eigenvalue weighted by Crippen LogP contribution is 2.16. The van der Waals surface area contributed by atoms with Crippen LogP contribution in [0, 0.1) is 0 Å². The van der Waals surface area contributed by atoms with Gasteiger partial charge < -0.3 is 16.0 Å². The van der Waals surface area contributed by atoms with Crippen LogP contribution in [0.5, 0.6) is 0 Å². The van der Waals surface area contributed by atoms with Crippen LogP contribution < -0.4 is 16.0 Å². The molecule has 0 saturated heterocycles. The zero-order chi connectivity index (χ0) is 18.4. The molecule has 0 fully saturated rings. The van der Waals surface area contributed by atoms with Crippen molar-refractivity contribution in [1.29, 1.82) is 0 Å². The molecule has 3 aromatic rings. The summed E-state index contributed by atoms with van der Waals surface area (Å²) in [6.45, 7) is 0. The molecule has 0 aliphatic rings. The van der Waals surface area contributed by atoms with E-state index < -0.39 is 0 Å². The molecule has 5 nitrogen and oxygen atoms in total. The lowest BCUT2D eigenvalue weighted by molar-refractivity contribution is 0.102. The molecule has 130 valence electrons. The molecule has 0 aliphatic heterocycles. The molecule has 3 aromatic carbocycles. The van der Waals surface area contributed by atoms with Gasteiger partial charge in [0.25, 0.3) is 5.91 Å². The molecule has 0 bridgehead atoms. The molecule has 0 radical (unpaired) electrons. The zero-order valence-electron chi connectivity index (χ0n) is 13.7. The second-order valence-corrected chi connectivity index (χ2v) is 6.40. The van der Waals surface area contributed by atoms with E-state index in [2.05, 4.69) is 31.9 Å². The van der Waals surface area contributed by atoms with Crippen molar-refractivity contribution in [2.24, 2.45) is 0 Å². The highest BCUT2D eigenvalue weighted by Gasteiger charge is 2.07. The number of amides is 3. The molecule has 0 heterocycles. The van der Waals surface area contributed by atoms with Crippen molar-refractivity contribution in [3.8, 4) is 0 Å². The number of para-hydroxylation sites is 1. The van der Waals surface area contributed by atoms with Gasteiger partial charge in [-0.25, -0.2) is 4.79 Å². The van der Waals surface area contributed by atoms with E-state index in [1.807, 2.05) is 42.5 Å². The van der Waals surface area contributed by atoms with E-state index in [0.717, 1.165) is 4.47 Å². The smallest absolute Gasteiger partial charge is 0.322 e. The first-order valence-corrected chi connectivity index (χ1v) is 8.69. The molecule has 0 unspecified atom stereocenters. The van der Waals surface area contributed by atoms with E-state index in [4.69, 9.17) is 0 Å². The summed E-state index contributed by atoms with van der Waals surface area (Å²) in [6, 6.07) is 22.8. The van der Waals surface area contributed by atoms with Gasteiger partial charge in [-0.2, -0.15) is 0 Å². The van der Waals surface area contributed by atoms with Gasteiger partial charge in [0.05, 0.1) is 0 Å². The van der Waals surface area contributed by atoms with Crippen LogP contribution in [0.3, 0.4) is 0 Å². The molecule has 0 spiro atoms. The number of benzene rings is 3. The van der Waals surface area contributed by atoms with Crippen LogP contribution in [0.15, 0.2) is 83.3 Å². The Kier molecular flexibility index (Phi) is 5.66. The van der Waals surface area contributed by atoms with Crippen molar-refractivity contribution in [3.05, 3.63) is 88.9 Å². The van der Waals surface area contributed by atoms with Gasteiger partial charge in [-0.15, -0.1) is 0 Å². The Labute approximate surface area is 159 Å². The Morgan fingerprint density at radius 2 is 1.12 bits per heavy atom. The molecule has 0 aromatic heterocycles. The third-order valence-electron chi connectivity index (χ3n) is 3.54. The summed E-state index contributed by atoms with van der Waals surface area (Å²) in [5.41, 5.74) is 2.51. The van der Waals surface area contributed by atoms with Crippen LogP contribution in [0.25, 0.3) is 0 Å². The summed E-state index contributed by atoms with van der Waals surface area (Å²) in [4.78, 5) is 24.2. The van der Waals surface area contributed by atoms with Crippen LogP contribution in [-0.4, -0.2) is 11.9 Å². The fraction of sp³-hybridized carbons (Fsp3) is 0. The number of rotatable bonds is 4. The summed E-state index contributed by atoms with van der Waals surface area (Å²) in [6.07, 6.45) is 0. The van der Waals surface area contributed by atoms with Crippen LogP contribution in [0.2, 0.25) is 0 Å². The molecular formula is C20H16BrN3O2. The van der Waals surface area contributed by atoms with Crippen molar-refractivity contribution in [1.82, 2.24) is 0 Å². The first kappa shape index (κ1) is 17.7. The number of hydrogen-bond donors (Lipinski definition) is 3. The second-order valence-electron chi connectivity index (χ2n) is 5.48. The highest BCUT2D eigenvalue weighted by atomic mass is 79.9. The van der Waals surface area contributed by atoms with Crippen LogP contribution in [0.4, 0.5) is 21.9 Å². The lowest BCUT2D eigenvalue weighted by Crippen LogP contribution is -2.19. The Balaban J connectivity index is 1.58. The summed E-state index contributed by atoms with van der Waals surface area (Å²) in [5, 5.41) is 8.28. The maximum Gasteiger partial charge on any atom is 0.323 e. The van der Waals surface area contributed by atoms with E-state index in [1.54, 1.807) is 36.4 Å². The van der Waals surface area contributed by atoms with Crippen molar-refractivity contribution >= 4 is 44.9 Å². The predicted molar refractivity (Wildman–Crippen MR) is 108 cm³/mol. The molecule has 3 rings (SSSR count). The van der Waals surface area contributed by atoms with Crippen molar-refractivity contribution < 1.29 is 9.59 Å². The number of urea groups is 1. The number of hydrogen-bond acceptors (Lipinski definition) is 2. The van der Waals surface area contributed by atoms with E-state index in [1.165, 1.54) is 0 Å². The number of halogens is 1. The quantitative estimate of drug-likeness (QED) is 0.543. The van der Waals surface area contributed by atoms with Crippen molar-refractivity contribution in [3.63, 3.8) is 0 Å². The molecule has 6 heteroatoms. The SMILES string of the molecule is O=C(Nc1ccccc1)Nc1ccc(C(=O)Nc2ccc(Br)cc2)cc1. The molecule has 0 saturated carbocycles. The predicted octanol–water partition coefficient (Wildman–Crippen LogP) is 5.35. The number of nitrogens with one attached hydrogen (secondary N) is 3. The standard InChI is InChI=1S/C20H16BrN3O2/c21-15-8-12-17(13-9-15)22-19(25)14-6-10-18(11-7-14)24-20(26)23-16-4-2-1-3-5-16/h1-13H,(H,22,25)(H2,23,24,26). The van der Waals surface area contributed by atoms with Gasteiger partial charge in [0, 0.05) is 27.1 Å². The van der Waals surface area contributed by atoms with E-state index in [0.29, 0.717) is 22.6 Å². The summed E-state index contributed by atoms with van der Waals surface area (Å²) in [5.74, 6) is -0.215. The van der Waals surface area contributed by atoms with Crippen LogP contribution >= 0.6 is 15.9 Å². The van der Waals surface area contributed by atoms with Crippen molar-refractivity contribution in [2.45, 2.75) is 0 Å². The first-order valence-electron chi connectivity index (χ1n) is 7.90. The summed E-state index contributed by atoms with van der Waals surface area (Å²) < 4.78 is 0.944. The number of carbonyl (C=O) groups is 2. The Hall–Kier alpha value is -3.12. The molecule has 0 atom stereocenters. The Morgan fingerprint density at radius 1 is 0.615 bits per heavy atom. The summed E-state index contributed by atoms with van der Waals surface area (Å²) >= 11 is 3.35. The Bertz CT molecular complexity index is 895. The minimum absolute atomic E-state index is 0.215. The molecule has 0 aliphatic carbocycles. The largest absolute Gasteiger partial charge is 0.323 e. The fourth-order valence-corrected chi connectivity index (χ4v) is 2.52. The van der Waals surface area contributed by atoms with E-state index in [9.17, 15) is 9.59 Å². The lowest BCUT2D eigenvalue weighted by Gasteiger charge is -2.09. The normalized spacial score (nSPS) is 10.0. The maximum atomic E-state index is 12.3. The van der Waals surface area contributed by atoms with Gasteiger partial charge in [0.2, 0.25) is 0 Å². The topological polar surface area (TPSA) is 70.2 Å². The molecular weight excluding hydrogens is 394 g/mol. The second kappa shape index (κ2) is 8.31. The minimum Gasteiger partial charge on any atom is -0.322 e. The molecule has 3 N–H and O–H groups in total. The third-order valence-corrected chi connectivity index (χ3v) is 4.07. The van der Waals surface area contributed by atoms with Crippen molar-refractivity contribution in [2.75, 3.05) is 16.0 Å². The monoisotopic (exact) mass is 409 g/mol.